The third-order valence-corrected chi connectivity index (χ3v) is 6.74. The minimum absolute atomic E-state index is 0.0963. The van der Waals surface area contributed by atoms with Crippen molar-refractivity contribution in [2.24, 2.45) is 0 Å². The van der Waals surface area contributed by atoms with Gasteiger partial charge in [-0.3, -0.25) is 14.0 Å². The SMILES string of the molecule is CCNC(=O)c1ccc(S(=O)(=O)c2ccc(CNC(=O)c3cnc4nccn4c3)cc2)cc1. The Balaban J connectivity index is 1.42. The van der Waals surface area contributed by atoms with Crippen LogP contribution in [0.5, 0.6) is 0 Å². The number of nitrogens with zero attached hydrogens (tertiary/aromatic N) is 3. The maximum Gasteiger partial charge on any atom is 0.254 e. The Morgan fingerprint density at radius 3 is 2.18 bits per heavy atom. The highest BCUT2D eigenvalue weighted by Gasteiger charge is 2.18. The van der Waals surface area contributed by atoms with E-state index in [1.807, 2.05) is 6.92 Å². The van der Waals surface area contributed by atoms with Crippen LogP contribution in [0, 0.1) is 0 Å². The summed E-state index contributed by atoms with van der Waals surface area (Å²) in [4.78, 5) is 32.6. The number of fused-ring (bicyclic) bond motifs is 1. The van der Waals surface area contributed by atoms with Gasteiger partial charge >= 0.3 is 0 Å². The number of sulfone groups is 1. The Labute approximate surface area is 190 Å². The van der Waals surface area contributed by atoms with Crippen LogP contribution in [0.1, 0.15) is 33.2 Å². The number of benzene rings is 2. The van der Waals surface area contributed by atoms with Crippen LogP contribution >= 0.6 is 0 Å². The normalized spacial score (nSPS) is 11.3. The third-order valence-electron chi connectivity index (χ3n) is 4.96. The molecule has 0 saturated carbocycles. The van der Waals surface area contributed by atoms with Crippen molar-refractivity contribution in [2.75, 3.05) is 6.54 Å². The number of hydrogen-bond donors (Lipinski definition) is 2. The Hall–Kier alpha value is -4.05. The number of imidazole rings is 1. The van der Waals surface area contributed by atoms with Crippen molar-refractivity contribution in [1.29, 1.82) is 0 Å². The summed E-state index contributed by atoms with van der Waals surface area (Å²) in [5, 5.41) is 5.46. The van der Waals surface area contributed by atoms with Gasteiger partial charge in [-0.2, -0.15) is 0 Å². The van der Waals surface area contributed by atoms with E-state index in [9.17, 15) is 18.0 Å². The molecule has 0 radical (unpaired) electrons. The summed E-state index contributed by atoms with van der Waals surface area (Å²) < 4.78 is 27.5. The molecular formula is C23H21N5O4S. The zero-order chi connectivity index (χ0) is 23.4. The molecule has 0 aliphatic rings. The number of amides is 2. The fraction of sp³-hybridized carbons (Fsp3) is 0.130. The number of hydrogen-bond acceptors (Lipinski definition) is 6. The maximum absolute atomic E-state index is 12.9. The lowest BCUT2D eigenvalue weighted by atomic mass is 10.2. The fourth-order valence-corrected chi connectivity index (χ4v) is 4.45. The van der Waals surface area contributed by atoms with Crippen LogP contribution in [0.25, 0.3) is 5.78 Å². The molecule has 0 unspecified atom stereocenters. The largest absolute Gasteiger partial charge is 0.352 e. The summed E-state index contributed by atoms with van der Waals surface area (Å²) in [6, 6.07) is 12.1. The molecule has 0 fully saturated rings. The van der Waals surface area contributed by atoms with Crippen LogP contribution in [0.4, 0.5) is 0 Å². The zero-order valence-corrected chi connectivity index (χ0v) is 18.5. The molecule has 2 N–H and O–H groups in total. The lowest BCUT2D eigenvalue weighted by molar-refractivity contribution is 0.0944. The summed E-state index contributed by atoms with van der Waals surface area (Å²) in [5.41, 5.74) is 1.52. The predicted molar refractivity (Wildman–Crippen MR) is 121 cm³/mol. The maximum atomic E-state index is 12.9. The molecule has 9 nitrogen and oxygen atoms in total. The molecule has 2 amide bonds. The average molecular weight is 464 g/mol. The molecule has 0 atom stereocenters. The summed E-state index contributed by atoms with van der Waals surface area (Å²) in [6.45, 7) is 2.52. The Bertz CT molecular complexity index is 1410. The molecule has 2 heterocycles. The van der Waals surface area contributed by atoms with Gasteiger partial charge in [-0.25, -0.2) is 18.4 Å². The van der Waals surface area contributed by atoms with E-state index in [2.05, 4.69) is 20.6 Å². The van der Waals surface area contributed by atoms with Crippen molar-refractivity contribution in [1.82, 2.24) is 25.0 Å². The summed E-state index contributed by atoms with van der Waals surface area (Å²) in [6.07, 6.45) is 6.38. The summed E-state index contributed by atoms with van der Waals surface area (Å²) in [7, 11) is -3.74. The van der Waals surface area contributed by atoms with Crippen molar-refractivity contribution < 1.29 is 18.0 Å². The van der Waals surface area contributed by atoms with Gasteiger partial charge in [0, 0.05) is 43.4 Å². The molecule has 2 aromatic heterocycles. The van der Waals surface area contributed by atoms with E-state index in [4.69, 9.17) is 0 Å². The number of rotatable bonds is 7. The van der Waals surface area contributed by atoms with Gasteiger partial charge in [0.05, 0.1) is 15.4 Å². The minimum atomic E-state index is -3.74. The first kappa shape index (κ1) is 22.2. The second-order valence-electron chi connectivity index (χ2n) is 7.19. The second kappa shape index (κ2) is 9.21. The third kappa shape index (κ3) is 4.75. The van der Waals surface area contributed by atoms with Gasteiger partial charge in [-0.1, -0.05) is 12.1 Å². The molecule has 4 rings (SSSR count). The summed E-state index contributed by atoms with van der Waals surface area (Å²) >= 11 is 0. The monoisotopic (exact) mass is 463 g/mol. The van der Waals surface area contributed by atoms with Gasteiger partial charge in [0.25, 0.3) is 11.8 Å². The number of aromatic nitrogens is 3. The zero-order valence-electron chi connectivity index (χ0n) is 17.7. The van der Waals surface area contributed by atoms with Crippen LogP contribution in [-0.2, 0) is 16.4 Å². The van der Waals surface area contributed by atoms with Gasteiger partial charge in [0.2, 0.25) is 15.6 Å². The highest BCUT2D eigenvalue weighted by atomic mass is 32.2. The highest BCUT2D eigenvalue weighted by molar-refractivity contribution is 7.91. The van der Waals surface area contributed by atoms with E-state index in [-0.39, 0.29) is 28.2 Å². The molecule has 0 saturated heterocycles. The highest BCUT2D eigenvalue weighted by Crippen LogP contribution is 2.21. The van der Waals surface area contributed by atoms with Gasteiger partial charge in [-0.05, 0) is 48.9 Å². The van der Waals surface area contributed by atoms with E-state index in [0.29, 0.717) is 23.4 Å². The minimum Gasteiger partial charge on any atom is -0.352 e. The topological polar surface area (TPSA) is 123 Å². The Morgan fingerprint density at radius 2 is 1.52 bits per heavy atom. The number of nitrogens with one attached hydrogen (secondary N) is 2. The first-order valence-electron chi connectivity index (χ1n) is 10.2. The van der Waals surface area contributed by atoms with E-state index < -0.39 is 9.84 Å². The standard InChI is InChI=1S/C23H21N5O4S/c1-2-24-21(29)17-5-9-20(10-6-17)33(31,32)19-7-3-16(4-8-19)13-26-22(30)18-14-27-23-25-11-12-28(23)15-18/h3-12,14-15H,2,13H2,1H3,(H,24,29)(H,26,30). The molecular weight excluding hydrogens is 442 g/mol. The molecule has 0 spiro atoms. The first-order chi connectivity index (χ1) is 15.9. The lowest BCUT2D eigenvalue weighted by Crippen LogP contribution is -2.23. The van der Waals surface area contributed by atoms with Crippen LogP contribution in [-0.4, -0.2) is 41.1 Å². The Kier molecular flexibility index (Phi) is 6.18. The number of carbonyl (C=O) groups excluding carboxylic acids is 2. The van der Waals surface area contributed by atoms with Crippen LogP contribution in [0.2, 0.25) is 0 Å². The quantitative estimate of drug-likeness (QED) is 0.433. The van der Waals surface area contributed by atoms with Crippen LogP contribution in [0.3, 0.4) is 0 Å². The summed E-state index contributed by atoms with van der Waals surface area (Å²) in [5.74, 6) is -0.0576. The van der Waals surface area contributed by atoms with Crippen molar-refractivity contribution in [3.05, 3.63) is 90.0 Å². The van der Waals surface area contributed by atoms with Gasteiger partial charge in [0.15, 0.2) is 0 Å². The molecule has 33 heavy (non-hydrogen) atoms. The van der Waals surface area contributed by atoms with E-state index in [0.717, 1.165) is 5.56 Å². The predicted octanol–water partition coefficient (Wildman–Crippen LogP) is 2.24. The van der Waals surface area contributed by atoms with Crippen LogP contribution in [0.15, 0.2) is 83.1 Å². The molecule has 10 heteroatoms. The number of carbonyl (C=O) groups is 2. The van der Waals surface area contributed by atoms with Crippen molar-refractivity contribution in [3.63, 3.8) is 0 Å². The van der Waals surface area contributed by atoms with E-state index in [1.54, 1.807) is 35.1 Å². The van der Waals surface area contributed by atoms with E-state index >= 15 is 0 Å². The van der Waals surface area contributed by atoms with Crippen molar-refractivity contribution >= 4 is 27.4 Å². The fourth-order valence-electron chi connectivity index (χ4n) is 3.19. The van der Waals surface area contributed by atoms with Crippen LogP contribution < -0.4 is 10.6 Å². The molecule has 4 aromatic rings. The van der Waals surface area contributed by atoms with Gasteiger partial charge in [0.1, 0.15) is 0 Å². The van der Waals surface area contributed by atoms with Gasteiger partial charge < -0.3 is 10.6 Å². The molecule has 2 aromatic carbocycles. The molecule has 0 bridgehead atoms. The van der Waals surface area contributed by atoms with Crippen molar-refractivity contribution in [2.45, 2.75) is 23.3 Å². The average Bonchev–Trinajstić information content (AvgIpc) is 3.31. The molecule has 168 valence electrons. The molecule has 0 aliphatic carbocycles. The Morgan fingerprint density at radius 1 is 0.879 bits per heavy atom. The smallest absolute Gasteiger partial charge is 0.254 e. The molecule has 0 aliphatic heterocycles. The van der Waals surface area contributed by atoms with Gasteiger partial charge in [-0.15, -0.1) is 0 Å². The first-order valence-corrected chi connectivity index (χ1v) is 11.7. The van der Waals surface area contributed by atoms with Crippen molar-refractivity contribution in [3.8, 4) is 0 Å². The second-order valence-corrected chi connectivity index (χ2v) is 9.14. The lowest BCUT2D eigenvalue weighted by Gasteiger charge is -2.09. The van der Waals surface area contributed by atoms with E-state index in [1.165, 1.54) is 42.6 Å².